The van der Waals surface area contributed by atoms with Crippen molar-refractivity contribution in [3.05, 3.63) is 33.7 Å². The summed E-state index contributed by atoms with van der Waals surface area (Å²) in [5.41, 5.74) is -0.320. The maximum absolute atomic E-state index is 12.9. The Labute approximate surface area is 169 Å². The van der Waals surface area contributed by atoms with Crippen LogP contribution < -0.4 is 19.3 Å². The van der Waals surface area contributed by atoms with Crippen LogP contribution in [-0.4, -0.2) is 48.5 Å². The number of carbonyl (C=O) groups excluding carboxylic acids is 1. The fraction of sp³-hybridized carbons (Fsp3) is 0.200. The summed E-state index contributed by atoms with van der Waals surface area (Å²) in [4.78, 5) is 33.6. The molecule has 0 bridgehead atoms. The molecule has 0 aliphatic rings. The van der Waals surface area contributed by atoms with Crippen LogP contribution >= 0.6 is 34.8 Å². The molecule has 2 aromatic rings. The summed E-state index contributed by atoms with van der Waals surface area (Å²) < 4.78 is 10.2. The lowest BCUT2D eigenvalue weighted by Gasteiger charge is -2.26. The number of imide groups is 1. The number of carboxylic acid groups (broad SMARTS) is 1. The lowest BCUT2D eigenvalue weighted by molar-refractivity contribution is 0.200. The van der Waals surface area contributed by atoms with Crippen molar-refractivity contribution in [3.8, 4) is 11.5 Å². The van der Waals surface area contributed by atoms with Gasteiger partial charge in [-0.15, -0.1) is 0 Å². The normalized spacial score (nSPS) is 10.3. The molecule has 9 nitrogen and oxygen atoms in total. The van der Waals surface area contributed by atoms with Gasteiger partial charge in [0.2, 0.25) is 0 Å². The summed E-state index contributed by atoms with van der Waals surface area (Å²) in [6.45, 7) is 0. The third-order valence-corrected chi connectivity index (χ3v) is 4.34. The quantitative estimate of drug-likeness (QED) is 0.718. The minimum absolute atomic E-state index is 0.0633. The van der Waals surface area contributed by atoms with Gasteiger partial charge in [0.15, 0.2) is 0 Å². The third-order valence-electron chi connectivity index (χ3n) is 3.41. The molecule has 1 N–H and O–H groups in total. The Morgan fingerprint density at radius 3 is 2.04 bits per heavy atom. The molecule has 3 amide bonds. The van der Waals surface area contributed by atoms with Gasteiger partial charge in [-0.25, -0.2) is 19.6 Å². The van der Waals surface area contributed by atoms with E-state index < -0.39 is 12.1 Å². The van der Waals surface area contributed by atoms with Crippen LogP contribution in [0.25, 0.3) is 0 Å². The number of halogens is 3. The maximum atomic E-state index is 12.9. The van der Waals surface area contributed by atoms with E-state index in [9.17, 15) is 14.7 Å². The van der Waals surface area contributed by atoms with Gasteiger partial charge in [0.05, 0.1) is 14.2 Å². The predicted octanol–water partition coefficient (Wildman–Crippen LogP) is 4.19. The Bertz CT molecular complexity index is 868. The first-order valence-electron chi connectivity index (χ1n) is 7.11. The zero-order chi connectivity index (χ0) is 20.3. The van der Waals surface area contributed by atoms with Gasteiger partial charge in [-0.2, -0.15) is 4.90 Å². The van der Waals surface area contributed by atoms with Crippen molar-refractivity contribution in [2.24, 2.45) is 0 Å². The van der Waals surface area contributed by atoms with Crippen LogP contribution in [0.15, 0.2) is 18.5 Å². The highest BCUT2D eigenvalue weighted by Crippen LogP contribution is 2.46. The van der Waals surface area contributed by atoms with Crippen LogP contribution in [0.1, 0.15) is 0 Å². The van der Waals surface area contributed by atoms with Gasteiger partial charge in [-0.1, -0.05) is 34.8 Å². The van der Waals surface area contributed by atoms with E-state index in [1.165, 1.54) is 33.4 Å². The van der Waals surface area contributed by atoms with Crippen LogP contribution in [0.3, 0.4) is 0 Å². The fourth-order valence-corrected chi connectivity index (χ4v) is 2.91. The van der Waals surface area contributed by atoms with E-state index in [0.717, 1.165) is 11.2 Å². The third kappa shape index (κ3) is 4.10. The van der Waals surface area contributed by atoms with E-state index in [4.69, 9.17) is 44.3 Å². The molecule has 0 fully saturated rings. The first-order chi connectivity index (χ1) is 12.7. The Morgan fingerprint density at radius 2 is 1.59 bits per heavy atom. The van der Waals surface area contributed by atoms with E-state index in [0.29, 0.717) is 4.90 Å². The number of benzene rings is 1. The van der Waals surface area contributed by atoms with Gasteiger partial charge in [0.1, 0.15) is 44.5 Å². The molecule has 12 heteroatoms. The van der Waals surface area contributed by atoms with Crippen molar-refractivity contribution < 1.29 is 24.2 Å². The molecule has 1 heterocycles. The number of anilines is 2. The molecular formula is C15H13Cl3N4O5. The second kappa shape index (κ2) is 8.47. The van der Waals surface area contributed by atoms with Gasteiger partial charge < -0.3 is 14.6 Å². The number of hydrogen-bond acceptors (Lipinski definition) is 6. The van der Waals surface area contributed by atoms with E-state index in [1.807, 2.05) is 0 Å². The number of hydrogen-bond donors (Lipinski definition) is 1. The van der Waals surface area contributed by atoms with Crippen molar-refractivity contribution in [2.75, 3.05) is 31.1 Å². The SMILES string of the molecule is COc1cc(OC)c(Cl)c(N(C(=O)O)C(=O)N(C)c2cc(Cl)ncn2)c1Cl. The van der Waals surface area contributed by atoms with E-state index >= 15 is 0 Å². The van der Waals surface area contributed by atoms with Crippen LogP contribution in [0.4, 0.5) is 21.1 Å². The largest absolute Gasteiger partial charge is 0.495 e. The molecule has 0 radical (unpaired) electrons. The van der Waals surface area contributed by atoms with Crippen molar-refractivity contribution in [1.82, 2.24) is 9.97 Å². The number of aromatic nitrogens is 2. The summed E-state index contributed by atoms with van der Waals surface area (Å²) in [5.74, 6) is 0.202. The molecule has 2 rings (SSSR count). The number of rotatable bonds is 4. The average molecular weight is 436 g/mol. The topological polar surface area (TPSA) is 105 Å². The molecule has 0 unspecified atom stereocenters. The monoisotopic (exact) mass is 434 g/mol. The summed E-state index contributed by atoms with van der Waals surface area (Å²) >= 11 is 18.2. The Hall–Kier alpha value is -2.49. The highest BCUT2D eigenvalue weighted by molar-refractivity contribution is 6.43. The number of ether oxygens (including phenoxy) is 2. The molecule has 0 aliphatic carbocycles. The maximum Gasteiger partial charge on any atom is 0.420 e. The standard InChI is InChI=1S/C15H13Cl3N4O5/c1-21(10-5-9(16)19-6-20-10)14(23)22(15(24)25)13-11(17)7(26-2)4-8(27-3)12(13)18/h4-6H,1-3H3,(H,24,25). The Kier molecular flexibility index (Phi) is 6.53. The van der Waals surface area contributed by atoms with Crippen LogP contribution in [0.2, 0.25) is 15.2 Å². The summed E-state index contributed by atoms with van der Waals surface area (Å²) in [5, 5.41) is 9.34. The van der Waals surface area contributed by atoms with Crippen molar-refractivity contribution in [3.63, 3.8) is 0 Å². The number of amides is 3. The molecular weight excluding hydrogens is 423 g/mol. The van der Waals surface area contributed by atoms with Gasteiger partial charge in [0.25, 0.3) is 0 Å². The average Bonchev–Trinajstić information content (AvgIpc) is 2.64. The molecule has 1 aromatic carbocycles. The smallest absolute Gasteiger partial charge is 0.420 e. The van der Waals surface area contributed by atoms with Gasteiger partial charge in [-0.3, -0.25) is 4.90 Å². The summed E-state index contributed by atoms with van der Waals surface area (Å²) in [6.07, 6.45) is -0.507. The van der Waals surface area contributed by atoms with Crippen LogP contribution in [0, 0.1) is 0 Å². The minimum Gasteiger partial charge on any atom is -0.495 e. The van der Waals surface area contributed by atoms with Crippen LogP contribution in [0.5, 0.6) is 11.5 Å². The Morgan fingerprint density at radius 1 is 1.04 bits per heavy atom. The molecule has 0 aliphatic heterocycles. The number of urea groups is 1. The van der Waals surface area contributed by atoms with E-state index in [1.54, 1.807) is 0 Å². The second-order valence-corrected chi connectivity index (χ2v) is 6.06. The fourth-order valence-electron chi connectivity index (χ4n) is 2.10. The number of carbonyl (C=O) groups is 2. The summed E-state index contributed by atoms with van der Waals surface area (Å²) in [6, 6.07) is 1.64. The molecule has 1 aromatic heterocycles. The lowest BCUT2D eigenvalue weighted by atomic mass is 10.2. The van der Waals surface area contributed by atoms with E-state index in [2.05, 4.69) is 9.97 Å². The van der Waals surface area contributed by atoms with E-state index in [-0.39, 0.29) is 38.2 Å². The second-order valence-electron chi connectivity index (χ2n) is 4.92. The lowest BCUT2D eigenvalue weighted by Crippen LogP contribution is -2.45. The summed E-state index contributed by atoms with van der Waals surface area (Å²) in [7, 11) is 3.94. The zero-order valence-corrected chi connectivity index (χ0v) is 16.5. The minimum atomic E-state index is -1.63. The molecule has 27 heavy (non-hydrogen) atoms. The van der Waals surface area contributed by atoms with Crippen LogP contribution in [-0.2, 0) is 0 Å². The van der Waals surface area contributed by atoms with Gasteiger partial charge >= 0.3 is 12.1 Å². The molecule has 0 saturated heterocycles. The van der Waals surface area contributed by atoms with Gasteiger partial charge in [-0.05, 0) is 0 Å². The van der Waals surface area contributed by atoms with Crippen molar-refractivity contribution in [2.45, 2.75) is 0 Å². The molecule has 144 valence electrons. The number of nitrogens with zero attached hydrogens (tertiary/aromatic N) is 4. The number of methoxy groups -OCH3 is 2. The highest BCUT2D eigenvalue weighted by Gasteiger charge is 2.34. The van der Waals surface area contributed by atoms with Crippen molar-refractivity contribution in [1.29, 1.82) is 0 Å². The van der Waals surface area contributed by atoms with Gasteiger partial charge in [0, 0.05) is 19.2 Å². The van der Waals surface area contributed by atoms with Crippen molar-refractivity contribution >= 4 is 58.4 Å². The zero-order valence-electron chi connectivity index (χ0n) is 14.2. The predicted molar refractivity (Wildman–Crippen MR) is 101 cm³/mol. The molecule has 0 saturated carbocycles. The molecule has 0 atom stereocenters. The first kappa shape index (κ1) is 20.8. The molecule has 0 spiro atoms. The first-order valence-corrected chi connectivity index (χ1v) is 8.24. The highest BCUT2D eigenvalue weighted by atomic mass is 35.5. The Balaban J connectivity index is 2.61.